The van der Waals surface area contributed by atoms with Crippen LogP contribution >= 0.6 is 11.8 Å². The van der Waals surface area contributed by atoms with Crippen molar-refractivity contribution in [1.82, 2.24) is 0 Å². The van der Waals surface area contributed by atoms with Crippen LogP contribution in [-0.4, -0.2) is 30.3 Å². The van der Waals surface area contributed by atoms with E-state index in [0.717, 1.165) is 18.2 Å². The van der Waals surface area contributed by atoms with Gasteiger partial charge in [-0.25, -0.2) is 0 Å². The summed E-state index contributed by atoms with van der Waals surface area (Å²) in [5, 5.41) is 0. The smallest absolute Gasteiger partial charge is 0.0801 e. The van der Waals surface area contributed by atoms with Crippen LogP contribution in [0.1, 0.15) is 6.42 Å². The predicted octanol–water partition coefficient (Wildman–Crippen LogP) is 1.02. The van der Waals surface area contributed by atoms with Crippen molar-refractivity contribution < 1.29 is 4.74 Å². The first-order chi connectivity index (χ1) is 5.90. The fourth-order valence-corrected chi connectivity index (χ4v) is 2.80. The van der Waals surface area contributed by atoms with Crippen LogP contribution in [0.15, 0.2) is 12.2 Å². The van der Waals surface area contributed by atoms with Crippen molar-refractivity contribution in [3.8, 4) is 0 Å². The average Bonchev–Trinajstić information content (AvgIpc) is 2.65. The number of fused-ring (bicyclic) bond motifs is 2. The van der Waals surface area contributed by atoms with E-state index in [0.29, 0.717) is 12.2 Å². The van der Waals surface area contributed by atoms with Gasteiger partial charge in [0.05, 0.1) is 12.2 Å². The van der Waals surface area contributed by atoms with Crippen molar-refractivity contribution in [3.63, 3.8) is 0 Å². The number of hydrogen-bond donors (Lipinski definition) is 1. The lowest BCUT2D eigenvalue weighted by Crippen LogP contribution is -2.16. The summed E-state index contributed by atoms with van der Waals surface area (Å²) in [7, 11) is 0. The minimum atomic E-state index is 0.417. The van der Waals surface area contributed by atoms with Crippen LogP contribution in [0.2, 0.25) is 0 Å². The highest BCUT2D eigenvalue weighted by Gasteiger charge is 2.36. The van der Waals surface area contributed by atoms with Gasteiger partial charge >= 0.3 is 0 Å². The van der Waals surface area contributed by atoms with Gasteiger partial charge in [-0.1, -0.05) is 12.2 Å². The monoisotopic (exact) mass is 185 g/mol. The molecule has 2 bridgehead atoms. The summed E-state index contributed by atoms with van der Waals surface area (Å²) in [6, 6.07) is 0. The van der Waals surface area contributed by atoms with Gasteiger partial charge in [0, 0.05) is 18.2 Å². The lowest BCUT2D eigenvalue weighted by Gasteiger charge is -2.13. The van der Waals surface area contributed by atoms with Gasteiger partial charge < -0.3 is 10.5 Å². The van der Waals surface area contributed by atoms with E-state index in [1.807, 2.05) is 11.8 Å². The summed E-state index contributed by atoms with van der Waals surface area (Å²) in [4.78, 5) is 0. The Bertz CT molecular complexity index is 183. The second-order valence-electron chi connectivity index (χ2n) is 3.38. The van der Waals surface area contributed by atoms with Gasteiger partial charge in [0.1, 0.15) is 0 Å². The zero-order valence-corrected chi connectivity index (χ0v) is 7.93. The van der Waals surface area contributed by atoms with E-state index in [2.05, 4.69) is 12.2 Å². The molecule has 2 rings (SSSR count). The molecule has 2 heterocycles. The molecule has 3 heteroatoms. The largest absolute Gasteiger partial charge is 0.367 e. The molecule has 0 aliphatic carbocycles. The van der Waals surface area contributed by atoms with Crippen molar-refractivity contribution in [1.29, 1.82) is 0 Å². The van der Waals surface area contributed by atoms with Gasteiger partial charge in [-0.15, -0.1) is 0 Å². The lowest BCUT2D eigenvalue weighted by atomic mass is 9.96. The molecule has 2 aliphatic rings. The summed E-state index contributed by atoms with van der Waals surface area (Å²) in [5.74, 6) is 3.04. The molecule has 2 N–H and O–H groups in total. The summed E-state index contributed by atoms with van der Waals surface area (Å²) >= 11 is 1.95. The minimum absolute atomic E-state index is 0.417. The van der Waals surface area contributed by atoms with Crippen LogP contribution in [0.3, 0.4) is 0 Å². The van der Waals surface area contributed by atoms with Crippen molar-refractivity contribution in [3.05, 3.63) is 12.2 Å². The molecule has 3 unspecified atom stereocenters. The minimum Gasteiger partial charge on any atom is -0.367 e. The van der Waals surface area contributed by atoms with E-state index in [1.54, 1.807) is 0 Å². The number of nitrogens with two attached hydrogens (primary N) is 1. The first-order valence-corrected chi connectivity index (χ1v) is 5.67. The highest BCUT2D eigenvalue weighted by atomic mass is 32.2. The van der Waals surface area contributed by atoms with Crippen molar-refractivity contribution in [2.75, 3.05) is 18.1 Å². The van der Waals surface area contributed by atoms with E-state index in [4.69, 9.17) is 10.5 Å². The lowest BCUT2D eigenvalue weighted by molar-refractivity contribution is 0.111. The van der Waals surface area contributed by atoms with Crippen LogP contribution in [0, 0.1) is 5.92 Å². The molecule has 0 aromatic carbocycles. The summed E-state index contributed by atoms with van der Waals surface area (Å²) in [5.41, 5.74) is 5.42. The summed E-state index contributed by atoms with van der Waals surface area (Å²) in [6.07, 6.45) is 6.47. The zero-order valence-electron chi connectivity index (χ0n) is 7.11. The van der Waals surface area contributed by atoms with Crippen LogP contribution in [-0.2, 0) is 4.74 Å². The fourth-order valence-electron chi connectivity index (χ4n) is 1.84. The summed E-state index contributed by atoms with van der Waals surface area (Å²) < 4.78 is 5.66. The number of ether oxygens (including phenoxy) is 1. The molecule has 0 aromatic heterocycles. The molecular weight excluding hydrogens is 170 g/mol. The number of hydrogen-bond acceptors (Lipinski definition) is 3. The van der Waals surface area contributed by atoms with E-state index < -0.39 is 0 Å². The standard InChI is InChI=1S/C9H15NOS/c10-3-4-12-6-7-5-8-1-2-9(7)11-8/h1-2,7-9H,3-6,10H2. The molecule has 0 spiro atoms. The Balaban J connectivity index is 1.73. The molecule has 12 heavy (non-hydrogen) atoms. The number of rotatable bonds is 4. The Morgan fingerprint density at radius 3 is 3.00 bits per heavy atom. The second kappa shape index (κ2) is 3.81. The van der Waals surface area contributed by atoms with Crippen LogP contribution in [0.4, 0.5) is 0 Å². The van der Waals surface area contributed by atoms with Crippen LogP contribution in [0.25, 0.3) is 0 Å². The molecule has 0 amide bonds. The van der Waals surface area contributed by atoms with Crippen LogP contribution < -0.4 is 5.73 Å². The Kier molecular flexibility index (Phi) is 2.73. The first kappa shape index (κ1) is 8.60. The summed E-state index contributed by atoms with van der Waals surface area (Å²) in [6.45, 7) is 0.794. The van der Waals surface area contributed by atoms with Crippen molar-refractivity contribution in [2.45, 2.75) is 18.6 Å². The number of thioether (sulfide) groups is 1. The topological polar surface area (TPSA) is 35.2 Å². The third-order valence-electron chi connectivity index (χ3n) is 2.44. The SMILES string of the molecule is NCCSCC1CC2C=CC1O2. The van der Waals surface area contributed by atoms with E-state index in [1.165, 1.54) is 12.2 Å². The van der Waals surface area contributed by atoms with E-state index >= 15 is 0 Å². The third-order valence-corrected chi connectivity index (χ3v) is 3.63. The highest BCUT2D eigenvalue weighted by Crippen LogP contribution is 2.35. The predicted molar refractivity (Wildman–Crippen MR) is 52.3 cm³/mol. The van der Waals surface area contributed by atoms with E-state index in [9.17, 15) is 0 Å². The van der Waals surface area contributed by atoms with Gasteiger partial charge in [-0.2, -0.15) is 11.8 Å². The quantitative estimate of drug-likeness (QED) is 0.524. The molecule has 1 saturated heterocycles. The second-order valence-corrected chi connectivity index (χ2v) is 4.53. The maximum atomic E-state index is 5.66. The highest BCUT2D eigenvalue weighted by molar-refractivity contribution is 7.99. The maximum Gasteiger partial charge on any atom is 0.0801 e. The Morgan fingerprint density at radius 1 is 1.50 bits per heavy atom. The molecule has 0 aromatic rings. The molecule has 2 nitrogen and oxygen atoms in total. The molecule has 3 atom stereocenters. The van der Waals surface area contributed by atoms with Crippen molar-refractivity contribution in [2.24, 2.45) is 11.7 Å². The molecule has 0 radical (unpaired) electrons. The molecule has 0 saturated carbocycles. The van der Waals surface area contributed by atoms with Gasteiger partial charge in [-0.05, 0) is 12.2 Å². The first-order valence-electron chi connectivity index (χ1n) is 4.52. The Labute approximate surface area is 77.5 Å². The van der Waals surface area contributed by atoms with E-state index in [-0.39, 0.29) is 0 Å². The fraction of sp³-hybridized carbons (Fsp3) is 0.778. The average molecular weight is 185 g/mol. The molecule has 1 fully saturated rings. The van der Waals surface area contributed by atoms with Gasteiger partial charge in [0.2, 0.25) is 0 Å². The normalized spacial score (nSPS) is 37.9. The van der Waals surface area contributed by atoms with Gasteiger partial charge in [0.25, 0.3) is 0 Å². The van der Waals surface area contributed by atoms with Crippen LogP contribution in [0.5, 0.6) is 0 Å². The molecular formula is C9H15NOS. The van der Waals surface area contributed by atoms with Gasteiger partial charge in [-0.3, -0.25) is 0 Å². The third kappa shape index (κ3) is 1.68. The Morgan fingerprint density at radius 2 is 2.42 bits per heavy atom. The maximum absolute atomic E-state index is 5.66. The molecule has 68 valence electrons. The Hall–Kier alpha value is 0.01000. The van der Waals surface area contributed by atoms with Crippen molar-refractivity contribution >= 4 is 11.8 Å². The van der Waals surface area contributed by atoms with Gasteiger partial charge in [0.15, 0.2) is 0 Å². The zero-order chi connectivity index (χ0) is 8.39. The molecule has 2 aliphatic heterocycles.